The van der Waals surface area contributed by atoms with Crippen LogP contribution in [0.4, 0.5) is 5.69 Å². The number of para-hydroxylation sites is 1. The van der Waals surface area contributed by atoms with Crippen molar-refractivity contribution in [2.45, 2.75) is 33.9 Å². The van der Waals surface area contributed by atoms with Gasteiger partial charge in [0.1, 0.15) is 18.1 Å². The third kappa shape index (κ3) is 4.86. The minimum Gasteiger partial charge on any atom is -0.485 e. The summed E-state index contributed by atoms with van der Waals surface area (Å²) >= 11 is 5.96. The van der Waals surface area contributed by atoms with Gasteiger partial charge in [0.05, 0.1) is 23.6 Å². The van der Waals surface area contributed by atoms with Crippen LogP contribution >= 0.6 is 11.6 Å². The molecule has 164 valence electrons. The first-order valence-corrected chi connectivity index (χ1v) is 10.7. The molecule has 0 aliphatic carbocycles. The van der Waals surface area contributed by atoms with Crippen LogP contribution in [0.25, 0.3) is 0 Å². The van der Waals surface area contributed by atoms with E-state index in [2.05, 4.69) is 10.4 Å². The van der Waals surface area contributed by atoms with E-state index in [0.717, 1.165) is 28.3 Å². The van der Waals surface area contributed by atoms with E-state index in [4.69, 9.17) is 20.8 Å². The monoisotopic (exact) mass is 449 g/mol. The smallest absolute Gasteiger partial charge is 0.291 e. The Morgan fingerprint density at radius 2 is 1.81 bits per heavy atom. The molecule has 0 bridgehead atoms. The average molecular weight is 450 g/mol. The first-order chi connectivity index (χ1) is 15.4. The molecule has 6 nitrogen and oxygen atoms in total. The third-order valence-electron chi connectivity index (χ3n) is 5.21. The zero-order valence-corrected chi connectivity index (χ0v) is 18.9. The molecular weight excluding hydrogens is 426 g/mol. The number of rotatable bonds is 7. The second kappa shape index (κ2) is 9.32. The van der Waals surface area contributed by atoms with E-state index in [1.165, 1.54) is 0 Å². The van der Waals surface area contributed by atoms with E-state index in [1.807, 2.05) is 74.0 Å². The van der Waals surface area contributed by atoms with Crippen molar-refractivity contribution in [2.75, 3.05) is 5.32 Å². The Bertz CT molecular complexity index is 1240. The molecule has 0 saturated heterocycles. The van der Waals surface area contributed by atoms with Crippen LogP contribution in [0.1, 0.15) is 38.8 Å². The Labute approximate surface area is 191 Å². The van der Waals surface area contributed by atoms with Crippen LogP contribution < -0.4 is 10.1 Å². The van der Waals surface area contributed by atoms with Crippen molar-refractivity contribution < 1.29 is 13.9 Å². The third-order valence-corrected chi connectivity index (χ3v) is 5.47. The number of anilines is 1. The molecule has 0 aliphatic heterocycles. The van der Waals surface area contributed by atoms with Crippen LogP contribution in [-0.4, -0.2) is 15.7 Å². The first kappa shape index (κ1) is 21.7. The molecule has 7 heteroatoms. The van der Waals surface area contributed by atoms with E-state index < -0.39 is 0 Å². The second-order valence-corrected chi connectivity index (χ2v) is 8.04. The van der Waals surface area contributed by atoms with Gasteiger partial charge in [0.2, 0.25) is 0 Å². The highest BCUT2D eigenvalue weighted by Crippen LogP contribution is 2.23. The number of hydrogen-bond donors (Lipinski definition) is 1. The predicted molar refractivity (Wildman–Crippen MR) is 124 cm³/mol. The van der Waals surface area contributed by atoms with Crippen molar-refractivity contribution in [2.24, 2.45) is 0 Å². The van der Waals surface area contributed by atoms with Gasteiger partial charge in [-0.1, -0.05) is 41.9 Å². The van der Waals surface area contributed by atoms with Gasteiger partial charge in [-0.15, -0.1) is 0 Å². The molecule has 4 aromatic rings. The standard InChI is InChI=1S/C25H24ClN3O3/c1-16-6-4-5-7-22(16)31-15-21-12-13-23(32-21)25(30)27-24-17(2)28-29(18(24)3)14-19-8-10-20(26)11-9-19/h4-13H,14-15H2,1-3H3,(H,27,30). The van der Waals surface area contributed by atoms with Crippen LogP contribution in [0.5, 0.6) is 5.75 Å². The number of aromatic nitrogens is 2. The average Bonchev–Trinajstić information content (AvgIpc) is 3.35. The van der Waals surface area contributed by atoms with Crippen molar-refractivity contribution >= 4 is 23.2 Å². The van der Waals surface area contributed by atoms with E-state index in [9.17, 15) is 4.79 Å². The Kier molecular flexibility index (Phi) is 6.32. The van der Waals surface area contributed by atoms with Crippen LogP contribution in [0.15, 0.2) is 65.1 Å². The number of nitrogens with one attached hydrogen (secondary N) is 1. The number of aryl methyl sites for hydroxylation is 2. The van der Waals surface area contributed by atoms with Crippen molar-refractivity contribution in [3.05, 3.63) is 99.7 Å². The quantitative estimate of drug-likeness (QED) is 0.379. The predicted octanol–water partition coefficient (Wildman–Crippen LogP) is 5.93. The summed E-state index contributed by atoms with van der Waals surface area (Å²) in [4.78, 5) is 12.8. The van der Waals surface area contributed by atoms with Crippen molar-refractivity contribution in [1.29, 1.82) is 0 Å². The molecule has 0 saturated carbocycles. The van der Waals surface area contributed by atoms with Crippen molar-refractivity contribution in [3.8, 4) is 5.75 Å². The lowest BCUT2D eigenvalue weighted by Crippen LogP contribution is -2.12. The summed E-state index contributed by atoms with van der Waals surface area (Å²) < 4.78 is 13.3. The topological polar surface area (TPSA) is 69.3 Å². The number of furan rings is 1. The van der Waals surface area contributed by atoms with Crippen LogP contribution in [-0.2, 0) is 13.2 Å². The maximum atomic E-state index is 12.8. The number of ether oxygens (including phenoxy) is 1. The van der Waals surface area contributed by atoms with Crippen molar-refractivity contribution in [1.82, 2.24) is 9.78 Å². The summed E-state index contributed by atoms with van der Waals surface area (Å²) in [5.74, 6) is 1.25. The van der Waals surface area contributed by atoms with Crippen LogP contribution in [0.3, 0.4) is 0 Å². The van der Waals surface area contributed by atoms with Gasteiger partial charge in [-0.3, -0.25) is 9.48 Å². The number of nitrogens with zero attached hydrogens (tertiary/aromatic N) is 2. The fourth-order valence-corrected chi connectivity index (χ4v) is 3.54. The lowest BCUT2D eigenvalue weighted by Gasteiger charge is -2.07. The summed E-state index contributed by atoms with van der Waals surface area (Å²) in [5.41, 5.74) is 4.39. The Morgan fingerprint density at radius 1 is 1.06 bits per heavy atom. The number of amides is 1. The van der Waals surface area contributed by atoms with Gasteiger partial charge in [-0.25, -0.2) is 0 Å². The Hall–Kier alpha value is -3.51. The number of hydrogen-bond acceptors (Lipinski definition) is 4. The van der Waals surface area contributed by atoms with Crippen molar-refractivity contribution in [3.63, 3.8) is 0 Å². The van der Waals surface area contributed by atoms with Crippen LogP contribution in [0.2, 0.25) is 5.02 Å². The summed E-state index contributed by atoms with van der Waals surface area (Å²) in [7, 11) is 0. The molecule has 2 heterocycles. The Morgan fingerprint density at radius 3 is 2.56 bits per heavy atom. The van der Waals surface area contributed by atoms with Gasteiger partial charge in [0, 0.05) is 5.02 Å². The molecule has 0 spiro atoms. The Balaban J connectivity index is 1.42. The zero-order valence-electron chi connectivity index (χ0n) is 18.2. The first-order valence-electron chi connectivity index (χ1n) is 10.3. The molecule has 0 atom stereocenters. The number of halogens is 1. The summed E-state index contributed by atoms with van der Waals surface area (Å²) in [6, 6.07) is 18.8. The molecule has 1 amide bonds. The number of carbonyl (C=O) groups is 1. The second-order valence-electron chi connectivity index (χ2n) is 7.60. The number of carbonyl (C=O) groups excluding carboxylic acids is 1. The fourth-order valence-electron chi connectivity index (χ4n) is 3.41. The van der Waals surface area contributed by atoms with E-state index in [-0.39, 0.29) is 18.3 Å². The maximum absolute atomic E-state index is 12.8. The molecule has 0 unspecified atom stereocenters. The lowest BCUT2D eigenvalue weighted by molar-refractivity contribution is 0.0992. The zero-order chi connectivity index (χ0) is 22.7. The highest BCUT2D eigenvalue weighted by molar-refractivity contribution is 6.30. The van der Waals surface area contributed by atoms with Gasteiger partial charge >= 0.3 is 0 Å². The molecule has 4 rings (SSSR count). The van der Waals surface area contributed by atoms with Gasteiger partial charge in [0.15, 0.2) is 5.76 Å². The van der Waals surface area contributed by atoms with Gasteiger partial charge in [-0.2, -0.15) is 5.10 Å². The SMILES string of the molecule is Cc1ccccc1OCc1ccc(C(=O)Nc2c(C)nn(Cc3ccc(Cl)cc3)c2C)o1. The summed E-state index contributed by atoms with van der Waals surface area (Å²) in [6.07, 6.45) is 0. The molecule has 1 N–H and O–H groups in total. The van der Waals surface area contributed by atoms with E-state index in [0.29, 0.717) is 23.0 Å². The molecule has 0 fully saturated rings. The minimum absolute atomic E-state index is 0.220. The summed E-state index contributed by atoms with van der Waals surface area (Å²) in [5, 5.41) is 8.19. The molecule has 2 aromatic heterocycles. The highest BCUT2D eigenvalue weighted by atomic mass is 35.5. The molecule has 0 aliphatic rings. The minimum atomic E-state index is -0.329. The van der Waals surface area contributed by atoms with E-state index in [1.54, 1.807) is 12.1 Å². The fraction of sp³-hybridized carbons (Fsp3) is 0.200. The maximum Gasteiger partial charge on any atom is 0.291 e. The van der Waals surface area contributed by atoms with Gasteiger partial charge in [0.25, 0.3) is 5.91 Å². The molecule has 2 aromatic carbocycles. The molecule has 0 radical (unpaired) electrons. The summed E-state index contributed by atoms with van der Waals surface area (Å²) in [6.45, 7) is 6.60. The lowest BCUT2D eigenvalue weighted by atomic mass is 10.2. The van der Waals surface area contributed by atoms with Gasteiger partial charge in [-0.05, 0) is 62.2 Å². The number of benzene rings is 2. The van der Waals surface area contributed by atoms with E-state index >= 15 is 0 Å². The molecule has 32 heavy (non-hydrogen) atoms. The van der Waals surface area contributed by atoms with Gasteiger partial charge < -0.3 is 14.5 Å². The highest BCUT2D eigenvalue weighted by Gasteiger charge is 2.18. The van der Waals surface area contributed by atoms with Crippen LogP contribution in [0, 0.1) is 20.8 Å². The largest absolute Gasteiger partial charge is 0.485 e. The molecular formula is C25H24ClN3O3. The normalized spacial score (nSPS) is 10.9.